The molecule has 1 heteroatoms. The SMILES string of the molecule is c1ccc(-c2cccc(N(c3ccc(-c4ccccc4)cc3-c3ccccc3)c3cccc4c3-c3ccccc3C43c4ccccc4-c4ccccc43)c2)cc1. The van der Waals surface area contributed by atoms with Crippen molar-refractivity contribution in [2.24, 2.45) is 0 Å². The Morgan fingerprint density at radius 1 is 0.268 bits per heavy atom. The highest BCUT2D eigenvalue weighted by atomic mass is 15.1. The van der Waals surface area contributed by atoms with Crippen LogP contribution < -0.4 is 4.90 Å². The summed E-state index contributed by atoms with van der Waals surface area (Å²) in [6.07, 6.45) is 0. The Morgan fingerprint density at radius 2 is 0.732 bits per heavy atom. The van der Waals surface area contributed by atoms with Gasteiger partial charge in [0.05, 0.1) is 16.8 Å². The standard InChI is InChI=1S/C55H37N/c1-4-18-38(19-5-1)41-24-16-25-43(36-41)56(52-35-34-42(39-20-6-2-7-21-39)37-47(52)40-22-8-3-9-23-40)53-33-17-32-51-54(53)46-28-12-15-31-50(46)55(51)48-29-13-10-26-44(48)45-27-11-14-30-49(45)55/h1-37H. The lowest BCUT2D eigenvalue weighted by Crippen LogP contribution is -2.26. The van der Waals surface area contributed by atoms with Crippen LogP contribution in [0.3, 0.4) is 0 Å². The summed E-state index contributed by atoms with van der Waals surface area (Å²) in [6.45, 7) is 0. The van der Waals surface area contributed by atoms with Crippen molar-refractivity contribution in [1.29, 1.82) is 0 Å². The van der Waals surface area contributed by atoms with Gasteiger partial charge < -0.3 is 4.90 Å². The van der Waals surface area contributed by atoms with Gasteiger partial charge in [-0.25, -0.2) is 0 Å². The maximum atomic E-state index is 2.52. The fourth-order valence-electron chi connectivity index (χ4n) is 9.56. The summed E-state index contributed by atoms with van der Waals surface area (Å²) in [4.78, 5) is 2.52. The van der Waals surface area contributed by atoms with Crippen molar-refractivity contribution in [3.8, 4) is 55.6 Å². The first kappa shape index (κ1) is 32.2. The molecule has 0 saturated heterocycles. The molecule has 0 radical (unpaired) electrons. The minimum atomic E-state index is -0.438. The quantitative estimate of drug-likeness (QED) is 0.166. The van der Waals surface area contributed by atoms with E-state index in [9.17, 15) is 0 Å². The topological polar surface area (TPSA) is 3.24 Å². The number of hydrogen-bond acceptors (Lipinski definition) is 1. The maximum Gasteiger partial charge on any atom is 0.0726 e. The van der Waals surface area contributed by atoms with Gasteiger partial charge in [0.25, 0.3) is 0 Å². The van der Waals surface area contributed by atoms with Crippen LogP contribution in [0.15, 0.2) is 224 Å². The van der Waals surface area contributed by atoms with Crippen molar-refractivity contribution in [2.45, 2.75) is 5.41 Å². The van der Waals surface area contributed by atoms with E-state index in [1.165, 1.54) is 77.9 Å². The Bertz CT molecular complexity index is 2860. The summed E-state index contributed by atoms with van der Waals surface area (Å²) in [5, 5.41) is 0. The van der Waals surface area contributed by atoms with Gasteiger partial charge in [-0.1, -0.05) is 194 Å². The first-order valence-electron chi connectivity index (χ1n) is 19.4. The third-order valence-electron chi connectivity index (χ3n) is 11.9. The van der Waals surface area contributed by atoms with Gasteiger partial charge in [0.15, 0.2) is 0 Å². The van der Waals surface area contributed by atoms with E-state index in [1.54, 1.807) is 0 Å². The predicted octanol–water partition coefficient (Wildman–Crippen LogP) is 14.5. The highest BCUT2D eigenvalue weighted by Crippen LogP contribution is 2.64. The number of fused-ring (bicyclic) bond motifs is 10. The van der Waals surface area contributed by atoms with Crippen LogP contribution in [0.5, 0.6) is 0 Å². The number of nitrogens with zero attached hydrogens (tertiary/aromatic N) is 1. The van der Waals surface area contributed by atoms with Crippen LogP contribution in [0.1, 0.15) is 22.3 Å². The summed E-state index contributed by atoms with van der Waals surface area (Å²) < 4.78 is 0. The molecular weight excluding hydrogens is 675 g/mol. The van der Waals surface area contributed by atoms with Crippen molar-refractivity contribution in [2.75, 3.05) is 4.90 Å². The van der Waals surface area contributed by atoms with E-state index in [4.69, 9.17) is 0 Å². The van der Waals surface area contributed by atoms with Gasteiger partial charge in [-0.15, -0.1) is 0 Å². The molecule has 0 unspecified atom stereocenters. The van der Waals surface area contributed by atoms with E-state index in [0.29, 0.717) is 0 Å². The Labute approximate surface area is 328 Å². The molecule has 1 nitrogen and oxygen atoms in total. The third-order valence-corrected chi connectivity index (χ3v) is 11.9. The van der Waals surface area contributed by atoms with Crippen LogP contribution in [0.4, 0.5) is 17.1 Å². The fourth-order valence-corrected chi connectivity index (χ4v) is 9.56. The molecule has 9 aromatic rings. The van der Waals surface area contributed by atoms with E-state index < -0.39 is 5.41 Å². The average Bonchev–Trinajstić information content (AvgIpc) is 3.76. The van der Waals surface area contributed by atoms with Crippen molar-refractivity contribution in [3.05, 3.63) is 247 Å². The van der Waals surface area contributed by atoms with E-state index >= 15 is 0 Å². The smallest absolute Gasteiger partial charge is 0.0726 e. The molecule has 262 valence electrons. The zero-order valence-electron chi connectivity index (χ0n) is 30.8. The summed E-state index contributed by atoms with van der Waals surface area (Å²) in [5.41, 5.74) is 20.6. The molecule has 0 fully saturated rings. The molecule has 2 aliphatic rings. The average molecular weight is 712 g/mol. The summed E-state index contributed by atoms with van der Waals surface area (Å²) in [5.74, 6) is 0. The van der Waals surface area contributed by atoms with Crippen molar-refractivity contribution >= 4 is 17.1 Å². The van der Waals surface area contributed by atoms with Gasteiger partial charge in [0.1, 0.15) is 0 Å². The predicted molar refractivity (Wildman–Crippen MR) is 234 cm³/mol. The zero-order valence-corrected chi connectivity index (χ0v) is 30.8. The number of anilines is 3. The second kappa shape index (κ2) is 13.0. The molecule has 0 atom stereocenters. The van der Waals surface area contributed by atoms with Gasteiger partial charge in [-0.2, -0.15) is 0 Å². The number of benzene rings is 9. The lowest BCUT2D eigenvalue weighted by atomic mass is 9.70. The molecule has 56 heavy (non-hydrogen) atoms. The molecule has 0 saturated carbocycles. The van der Waals surface area contributed by atoms with Crippen LogP contribution in [-0.4, -0.2) is 0 Å². The van der Waals surface area contributed by atoms with Crippen LogP contribution in [0.25, 0.3) is 55.6 Å². The highest BCUT2D eigenvalue weighted by Gasteiger charge is 2.52. The van der Waals surface area contributed by atoms with E-state index in [0.717, 1.165) is 17.1 Å². The molecule has 2 aliphatic carbocycles. The van der Waals surface area contributed by atoms with Gasteiger partial charge >= 0.3 is 0 Å². The zero-order chi connectivity index (χ0) is 37.1. The third kappa shape index (κ3) is 4.81. The summed E-state index contributed by atoms with van der Waals surface area (Å²) in [7, 11) is 0. The molecule has 9 aromatic carbocycles. The second-order valence-electron chi connectivity index (χ2n) is 14.8. The van der Waals surface area contributed by atoms with Gasteiger partial charge in [0.2, 0.25) is 0 Å². The molecule has 1 spiro atoms. The first-order chi connectivity index (χ1) is 27.8. The maximum absolute atomic E-state index is 2.52. The van der Waals surface area contributed by atoms with Crippen LogP contribution in [0, 0.1) is 0 Å². The highest BCUT2D eigenvalue weighted by molar-refractivity contribution is 6.02. The van der Waals surface area contributed by atoms with Crippen molar-refractivity contribution in [3.63, 3.8) is 0 Å². The van der Waals surface area contributed by atoms with Crippen molar-refractivity contribution < 1.29 is 0 Å². The van der Waals surface area contributed by atoms with E-state index in [1.807, 2.05) is 0 Å². The molecule has 0 amide bonds. The Balaban J connectivity index is 1.23. The Hall–Kier alpha value is -7.22. The molecule has 11 rings (SSSR count). The molecule has 0 N–H and O–H groups in total. The van der Waals surface area contributed by atoms with Crippen LogP contribution in [-0.2, 0) is 5.41 Å². The lowest BCUT2D eigenvalue weighted by Gasteiger charge is -2.32. The second-order valence-corrected chi connectivity index (χ2v) is 14.8. The van der Waals surface area contributed by atoms with Gasteiger partial charge in [-0.3, -0.25) is 0 Å². The van der Waals surface area contributed by atoms with Crippen LogP contribution in [0.2, 0.25) is 0 Å². The normalized spacial score (nSPS) is 12.8. The van der Waals surface area contributed by atoms with Crippen molar-refractivity contribution in [1.82, 2.24) is 0 Å². The summed E-state index contributed by atoms with van der Waals surface area (Å²) >= 11 is 0. The monoisotopic (exact) mass is 711 g/mol. The molecule has 0 aliphatic heterocycles. The minimum Gasteiger partial charge on any atom is -0.309 e. The Kier molecular flexibility index (Phi) is 7.47. The Morgan fingerprint density at radius 3 is 1.36 bits per heavy atom. The molecule has 0 bridgehead atoms. The van der Waals surface area contributed by atoms with E-state index in [-0.39, 0.29) is 0 Å². The fraction of sp³-hybridized carbons (Fsp3) is 0.0182. The van der Waals surface area contributed by atoms with Crippen LogP contribution >= 0.6 is 0 Å². The van der Waals surface area contributed by atoms with Gasteiger partial charge in [0, 0.05) is 16.8 Å². The summed E-state index contributed by atoms with van der Waals surface area (Å²) in [6, 6.07) is 82.5. The lowest BCUT2D eigenvalue weighted by molar-refractivity contribution is 0.794. The van der Waals surface area contributed by atoms with Gasteiger partial charge in [-0.05, 0) is 97.1 Å². The molecular formula is C55H37N. The largest absolute Gasteiger partial charge is 0.309 e. The minimum absolute atomic E-state index is 0.438. The molecule has 0 heterocycles. The molecule has 0 aromatic heterocycles. The van der Waals surface area contributed by atoms with E-state index in [2.05, 4.69) is 229 Å². The number of rotatable bonds is 6. The number of hydrogen-bond donors (Lipinski definition) is 0. The first-order valence-corrected chi connectivity index (χ1v) is 19.4.